The Bertz CT molecular complexity index is 198. The number of carbonyl (C=O) groups is 1. The molecule has 0 aliphatic heterocycles. The molecule has 0 aromatic rings. The summed E-state index contributed by atoms with van der Waals surface area (Å²) in [6.45, 7) is 21.0. The molecule has 0 fully saturated rings. The highest BCUT2D eigenvalue weighted by Gasteiger charge is 2.10. The molecule has 3 nitrogen and oxygen atoms in total. The van der Waals surface area contributed by atoms with Crippen LogP contribution in [0.5, 0.6) is 0 Å². The molecule has 124 valence electrons. The van der Waals surface area contributed by atoms with Crippen LogP contribution in [0.3, 0.4) is 0 Å². The molecule has 0 aliphatic carbocycles. The fraction of sp³-hybridized carbons (Fsp3) is 0.941. The molecule has 0 heterocycles. The van der Waals surface area contributed by atoms with Crippen molar-refractivity contribution in [2.45, 2.75) is 87.1 Å². The minimum Gasteiger partial charge on any atom is -0.343 e. The van der Waals surface area contributed by atoms with Crippen molar-refractivity contribution in [2.75, 3.05) is 19.6 Å². The van der Waals surface area contributed by atoms with Gasteiger partial charge in [0.15, 0.2) is 0 Å². The molecule has 1 N–H and O–H groups in total. The number of unbranched alkanes of at least 4 members (excludes halogenated alkanes) is 1. The number of nitrogens with one attached hydrogen (secondary N) is 1. The van der Waals surface area contributed by atoms with Gasteiger partial charge < -0.3 is 10.2 Å². The van der Waals surface area contributed by atoms with Gasteiger partial charge in [-0.2, -0.15) is 0 Å². The number of hydrogen-bond acceptors (Lipinski definition) is 2. The first-order chi connectivity index (χ1) is 9.37. The van der Waals surface area contributed by atoms with Crippen LogP contribution < -0.4 is 5.32 Å². The number of rotatable bonds is 7. The van der Waals surface area contributed by atoms with E-state index >= 15 is 0 Å². The molecule has 0 radical (unpaired) electrons. The van der Waals surface area contributed by atoms with Crippen molar-refractivity contribution in [3.8, 4) is 0 Å². The van der Waals surface area contributed by atoms with Crippen LogP contribution in [0.15, 0.2) is 0 Å². The van der Waals surface area contributed by atoms with Gasteiger partial charge in [-0.3, -0.25) is 4.79 Å². The summed E-state index contributed by atoms with van der Waals surface area (Å²) in [5.41, 5.74) is 0.171. The molecule has 0 saturated heterocycles. The quantitative estimate of drug-likeness (QED) is 0.701. The lowest BCUT2D eigenvalue weighted by atomic mass is 10.1. The summed E-state index contributed by atoms with van der Waals surface area (Å²) in [6, 6.07) is 0. The maximum atomic E-state index is 11.3. The summed E-state index contributed by atoms with van der Waals surface area (Å²) in [6.07, 6.45) is 3.27. The van der Waals surface area contributed by atoms with Gasteiger partial charge in [0.25, 0.3) is 0 Å². The van der Waals surface area contributed by atoms with Gasteiger partial charge in [-0.05, 0) is 40.2 Å². The van der Waals surface area contributed by atoms with E-state index < -0.39 is 0 Å². The highest BCUT2D eigenvalue weighted by Crippen LogP contribution is 2.00. The van der Waals surface area contributed by atoms with E-state index in [1.807, 2.05) is 32.6 Å². The zero-order valence-corrected chi connectivity index (χ0v) is 15.6. The van der Waals surface area contributed by atoms with E-state index in [0.29, 0.717) is 0 Å². The molecule has 0 rings (SSSR count). The number of nitrogens with zero attached hydrogens (tertiary/aromatic N) is 1. The van der Waals surface area contributed by atoms with Crippen LogP contribution in [-0.4, -0.2) is 36.0 Å². The largest absolute Gasteiger partial charge is 0.343 e. The van der Waals surface area contributed by atoms with Gasteiger partial charge >= 0.3 is 0 Å². The van der Waals surface area contributed by atoms with E-state index in [-0.39, 0.29) is 11.4 Å². The van der Waals surface area contributed by atoms with E-state index in [0.717, 1.165) is 38.9 Å². The number of amides is 1. The van der Waals surface area contributed by atoms with Crippen LogP contribution >= 0.6 is 0 Å². The second kappa shape index (κ2) is 16.5. The van der Waals surface area contributed by atoms with Crippen LogP contribution in [-0.2, 0) is 4.79 Å². The molecule has 1 amide bonds. The van der Waals surface area contributed by atoms with Crippen molar-refractivity contribution >= 4 is 5.91 Å². The third kappa shape index (κ3) is 19.8. The average Bonchev–Trinajstić information content (AvgIpc) is 2.41. The second-order valence-corrected chi connectivity index (χ2v) is 5.39. The third-order valence-corrected chi connectivity index (χ3v) is 2.49. The Hall–Kier alpha value is -0.570. The average molecular weight is 289 g/mol. The molecule has 20 heavy (non-hydrogen) atoms. The first kappa shape index (κ1) is 24.4. The summed E-state index contributed by atoms with van der Waals surface area (Å²) in [5.74, 6) is 0.198. The van der Waals surface area contributed by atoms with Crippen LogP contribution in [0.4, 0.5) is 0 Å². The predicted molar refractivity (Wildman–Crippen MR) is 92.2 cm³/mol. The normalized spacial score (nSPS) is 9.85. The maximum Gasteiger partial charge on any atom is 0.219 e. The maximum absolute atomic E-state index is 11.3. The van der Waals surface area contributed by atoms with Crippen LogP contribution in [0.2, 0.25) is 0 Å². The van der Waals surface area contributed by atoms with Crippen LogP contribution in [0, 0.1) is 0 Å². The Kier molecular flexibility index (Phi) is 20.2. The molecule has 0 atom stereocenters. The summed E-state index contributed by atoms with van der Waals surface area (Å²) in [4.78, 5) is 13.3. The van der Waals surface area contributed by atoms with Crippen molar-refractivity contribution in [1.82, 2.24) is 10.2 Å². The standard InChI is InChI=1S/C13H28N2O.2C2H6/c1-6-7-10-15(12(2)16)11-8-9-14-13(3,4)5;2*1-2/h14H,6-11H2,1-5H3;2*1-2H3. The van der Waals surface area contributed by atoms with Gasteiger partial charge in [-0.15, -0.1) is 0 Å². The third-order valence-electron chi connectivity index (χ3n) is 2.49. The number of carbonyl (C=O) groups excluding carboxylic acids is 1. The highest BCUT2D eigenvalue weighted by molar-refractivity contribution is 5.73. The lowest BCUT2D eigenvalue weighted by molar-refractivity contribution is -0.129. The number of hydrogen-bond donors (Lipinski definition) is 1. The lowest BCUT2D eigenvalue weighted by Crippen LogP contribution is -2.38. The van der Waals surface area contributed by atoms with Crippen molar-refractivity contribution < 1.29 is 4.79 Å². The minimum atomic E-state index is 0.171. The monoisotopic (exact) mass is 288 g/mol. The van der Waals surface area contributed by atoms with E-state index in [1.54, 1.807) is 6.92 Å². The molecule has 0 spiro atoms. The summed E-state index contributed by atoms with van der Waals surface area (Å²) >= 11 is 0. The van der Waals surface area contributed by atoms with Gasteiger partial charge in [-0.1, -0.05) is 41.0 Å². The molecular weight excluding hydrogens is 248 g/mol. The molecule has 0 aromatic heterocycles. The highest BCUT2D eigenvalue weighted by atomic mass is 16.2. The Morgan fingerprint density at radius 1 is 1.00 bits per heavy atom. The molecule has 0 unspecified atom stereocenters. The molecule has 3 heteroatoms. The molecule has 0 aliphatic rings. The smallest absolute Gasteiger partial charge is 0.219 e. The summed E-state index contributed by atoms with van der Waals surface area (Å²) in [5, 5.41) is 3.43. The molecule has 0 saturated carbocycles. The molecule has 0 aromatic carbocycles. The Morgan fingerprint density at radius 2 is 1.45 bits per heavy atom. The van der Waals surface area contributed by atoms with Gasteiger partial charge in [0.1, 0.15) is 0 Å². The van der Waals surface area contributed by atoms with Crippen LogP contribution in [0.1, 0.15) is 81.6 Å². The fourth-order valence-electron chi connectivity index (χ4n) is 1.51. The zero-order valence-electron chi connectivity index (χ0n) is 15.6. The van der Waals surface area contributed by atoms with Crippen LogP contribution in [0.25, 0.3) is 0 Å². The van der Waals surface area contributed by atoms with E-state index in [9.17, 15) is 4.79 Å². The first-order valence-electron chi connectivity index (χ1n) is 8.37. The Labute approximate surface area is 128 Å². The van der Waals surface area contributed by atoms with Gasteiger partial charge in [0.05, 0.1) is 0 Å². The Morgan fingerprint density at radius 3 is 1.80 bits per heavy atom. The lowest BCUT2D eigenvalue weighted by Gasteiger charge is -2.24. The van der Waals surface area contributed by atoms with Crippen molar-refractivity contribution in [1.29, 1.82) is 0 Å². The zero-order chi connectivity index (χ0) is 16.6. The van der Waals surface area contributed by atoms with Gasteiger partial charge in [0, 0.05) is 25.6 Å². The van der Waals surface area contributed by atoms with E-state index in [2.05, 4.69) is 33.0 Å². The van der Waals surface area contributed by atoms with E-state index in [1.165, 1.54) is 0 Å². The second-order valence-electron chi connectivity index (χ2n) is 5.39. The van der Waals surface area contributed by atoms with Gasteiger partial charge in [-0.25, -0.2) is 0 Å². The topological polar surface area (TPSA) is 32.3 Å². The first-order valence-corrected chi connectivity index (χ1v) is 8.37. The SMILES string of the molecule is CC.CC.CCCCN(CCCNC(C)(C)C)C(C)=O. The summed E-state index contributed by atoms with van der Waals surface area (Å²) in [7, 11) is 0. The summed E-state index contributed by atoms with van der Waals surface area (Å²) < 4.78 is 0. The fourth-order valence-corrected chi connectivity index (χ4v) is 1.51. The molecule has 0 bridgehead atoms. The predicted octanol–water partition coefficient (Wildman–Crippen LogP) is 4.47. The van der Waals surface area contributed by atoms with E-state index in [4.69, 9.17) is 0 Å². The van der Waals surface area contributed by atoms with Crippen molar-refractivity contribution in [3.63, 3.8) is 0 Å². The Balaban J connectivity index is -0.000000656. The van der Waals surface area contributed by atoms with Crippen molar-refractivity contribution in [2.24, 2.45) is 0 Å². The molecular formula is C17H40N2O. The van der Waals surface area contributed by atoms with Crippen molar-refractivity contribution in [3.05, 3.63) is 0 Å². The van der Waals surface area contributed by atoms with Gasteiger partial charge in [0.2, 0.25) is 5.91 Å². The minimum absolute atomic E-state index is 0.171.